The molecule has 1 aromatic rings. The van der Waals surface area contributed by atoms with Gasteiger partial charge in [0.15, 0.2) is 0 Å². The number of rotatable bonds is 3. The lowest BCUT2D eigenvalue weighted by Gasteiger charge is -1.84. The van der Waals surface area contributed by atoms with Crippen LogP contribution in [0.2, 0.25) is 0 Å². The Hall–Kier alpha value is -1.90. The van der Waals surface area contributed by atoms with Gasteiger partial charge in [0, 0.05) is 6.20 Å². The highest BCUT2D eigenvalue weighted by molar-refractivity contribution is 5.68. The maximum Gasteiger partial charge on any atom is 0.307 e. The second-order valence-corrected chi connectivity index (χ2v) is 2.35. The summed E-state index contributed by atoms with van der Waals surface area (Å²) < 4.78 is 0. The van der Waals surface area contributed by atoms with Crippen LogP contribution in [-0.4, -0.2) is 16.1 Å². The standard InChI is InChI=1S/C7H7N.C4H6O2/c1-2-7-5-3-4-6-8-7;1-2-3-4(5)6/h2-6H,1H2;2H,1,3H2,(H,5,6). The fourth-order valence-electron chi connectivity index (χ4n) is 0.620. The second-order valence-electron chi connectivity index (χ2n) is 2.35. The van der Waals surface area contributed by atoms with E-state index >= 15 is 0 Å². The van der Waals surface area contributed by atoms with Crippen LogP contribution < -0.4 is 0 Å². The summed E-state index contributed by atoms with van der Waals surface area (Å²) in [6, 6.07) is 5.73. The number of carboxylic acids is 1. The quantitative estimate of drug-likeness (QED) is 0.746. The third-order valence-corrected chi connectivity index (χ3v) is 1.22. The first kappa shape index (κ1) is 12.1. The Kier molecular flexibility index (Phi) is 6.68. The van der Waals surface area contributed by atoms with E-state index in [-0.39, 0.29) is 6.42 Å². The third-order valence-electron chi connectivity index (χ3n) is 1.22. The van der Waals surface area contributed by atoms with E-state index < -0.39 is 5.97 Å². The number of carboxylic acid groups (broad SMARTS) is 1. The average molecular weight is 191 g/mol. The maximum absolute atomic E-state index is 9.53. The van der Waals surface area contributed by atoms with Gasteiger partial charge in [0.1, 0.15) is 0 Å². The van der Waals surface area contributed by atoms with E-state index in [0.29, 0.717) is 0 Å². The van der Waals surface area contributed by atoms with Crippen molar-refractivity contribution < 1.29 is 9.90 Å². The van der Waals surface area contributed by atoms with Crippen LogP contribution in [0, 0.1) is 0 Å². The SMILES string of the molecule is C=CCC(=O)O.C=Cc1ccccn1. The van der Waals surface area contributed by atoms with Crippen LogP contribution in [0.3, 0.4) is 0 Å². The van der Waals surface area contributed by atoms with Gasteiger partial charge in [-0.15, -0.1) is 6.58 Å². The first-order valence-electron chi connectivity index (χ1n) is 4.07. The van der Waals surface area contributed by atoms with Crippen LogP contribution in [0.4, 0.5) is 0 Å². The smallest absolute Gasteiger partial charge is 0.307 e. The molecule has 0 radical (unpaired) electrons. The minimum Gasteiger partial charge on any atom is -0.481 e. The monoisotopic (exact) mass is 191 g/mol. The van der Waals surface area contributed by atoms with Crippen molar-refractivity contribution >= 4 is 12.0 Å². The normalized spacial score (nSPS) is 8.00. The van der Waals surface area contributed by atoms with Gasteiger partial charge in [-0.1, -0.05) is 18.7 Å². The zero-order valence-electron chi connectivity index (χ0n) is 7.89. The van der Waals surface area contributed by atoms with Crippen molar-refractivity contribution in [1.29, 1.82) is 0 Å². The molecule has 0 unspecified atom stereocenters. The predicted molar refractivity (Wildman–Crippen MR) is 56.8 cm³/mol. The van der Waals surface area contributed by atoms with Crippen LogP contribution in [0.5, 0.6) is 0 Å². The molecule has 0 aromatic carbocycles. The maximum atomic E-state index is 9.53. The van der Waals surface area contributed by atoms with E-state index in [2.05, 4.69) is 18.1 Å². The summed E-state index contributed by atoms with van der Waals surface area (Å²) in [7, 11) is 0. The highest BCUT2D eigenvalue weighted by Crippen LogP contribution is 1.91. The molecule has 0 atom stereocenters. The van der Waals surface area contributed by atoms with Gasteiger partial charge in [-0.3, -0.25) is 9.78 Å². The molecular formula is C11H13NO2. The van der Waals surface area contributed by atoms with E-state index in [1.807, 2.05) is 18.2 Å². The summed E-state index contributed by atoms with van der Waals surface area (Å²) in [4.78, 5) is 13.5. The molecule has 0 saturated carbocycles. The fraction of sp³-hybridized carbons (Fsp3) is 0.0909. The second kappa shape index (κ2) is 7.73. The van der Waals surface area contributed by atoms with E-state index in [1.54, 1.807) is 12.3 Å². The van der Waals surface area contributed by atoms with E-state index in [0.717, 1.165) is 5.69 Å². The molecule has 3 nitrogen and oxygen atoms in total. The van der Waals surface area contributed by atoms with Crippen molar-refractivity contribution in [3.05, 3.63) is 49.3 Å². The van der Waals surface area contributed by atoms with Crippen LogP contribution in [0.15, 0.2) is 43.6 Å². The molecule has 0 spiro atoms. The van der Waals surface area contributed by atoms with Crippen LogP contribution in [0.1, 0.15) is 12.1 Å². The number of hydrogen-bond donors (Lipinski definition) is 1. The number of aliphatic carboxylic acids is 1. The van der Waals surface area contributed by atoms with Crippen molar-refractivity contribution in [2.24, 2.45) is 0 Å². The van der Waals surface area contributed by atoms with Crippen LogP contribution in [0.25, 0.3) is 6.08 Å². The molecule has 1 heterocycles. The summed E-state index contributed by atoms with van der Waals surface area (Å²) in [5.41, 5.74) is 0.924. The lowest BCUT2D eigenvalue weighted by atomic mass is 10.4. The van der Waals surface area contributed by atoms with Crippen molar-refractivity contribution in [1.82, 2.24) is 4.98 Å². The minimum absolute atomic E-state index is 0.0556. The van der Waals surface area contributed by atoms with Gasteiger partial charge in [0.25, 0.3) is 0 Å². The van der Waals surface area contributed by atoms with Crippen molar-refractivity contribution in [2.75, 3.05) is 0 Å². The molecular weight excluding hydrogens is 178 g/mol. The molecule has 0 amide bonds. The van der Waals surface area contributed by atoms with Gasteiger partial charge < -0.3 is 5.11 Å². The molecule has 0 saturated heterocycles. The number of aromatic nitrogens is 1. The largest absolute Gasteiger partial charge is 0.481 e. The molecule has 14 heavy (non-hydrogen) atoms. The highest BCUT2D eigenvalue weighted by atomic mass is 16.4. The van der Waals surface area contributed by atoms with Crippen molar-refractivity contribution in [3.63, 3.8) is 0 Å². The molecule has 0 bridgehead atoms. The number of carbonyl (C=O) groups is 1. The van der Waals surface area contributed by atoms with Gasteiger partial charge in [-0.25, -0.2) is 0 Å². The molecule has 0 fully saturated rings. The van der Waals surface area contributed by atoms with Crippen molar-refractivity contribution in [2.45, 2.75) is 6.42 Å². The first-order valence-corrected chi connectivity index (χ1v) is 4.07. The zero-order valence-corrected chi connectivity index (χ0v) is 7.89. The fourth-order valence-corrected chi connectivity index (χ4v) is 0.620. The molecule has 0 aliphatic rings. The van der Waals surface area contributed by atoms with E-state index in [4.69, 9.17) is 5.11 Å². The third kappa shape index (κ3) is 6.79. The molecule has 3 heteroatoms. The average Bonchev–Trinajstić information content (AvgIpc) is 2.20. The van der Waals surface area contributed by atoms with E-state index in [1.165, 1.54) is 6.08 Å². The number of pyridine rings is 1. The van der Waals surface area contributed by atoms with Gasteiger partial charge in [-0.2, -0.15) is 0 Å². The molecule has 1 N–H and O–H groups in total. The van der Waals surface area contributed by atoms with Crippen LogP contribution in [-0.2, 0) is 4.79 Å². The summed E-state index contributed by atoms with van der Waals surface area (Å²) in [5, 5.41) is 7.84. The zero-order chi connectivity index (χ0) is 10.8. The Morgan fingerprint density at radius 2 is 2.21 bits per heavy atom. The Bertz CT molecular complexity index is 293. The number of hydrogen-bond acceptors (Lipinski definition) is 2. The Morgan fingerprint density at radius 1 is 1.50 bits per heavy atom. The summed E-state index contributed by atoms with van der Waals surface area (Å²) >= 11 is 0. The first-order chi connectivity index (χ1) is 6.70. The Balaban J connectivity index is 0.000000255. The lowest BCUT2D eigenvalue weighted by molar-refractivity contribution is -0.135. The van der Waals surface area contributed by atoms with Gasteiger partial charge in [0.2, 0.25) is 0 Å². The number of nitrogens with zero attached hydrogens (tertiary/aromatic N) is 1. The van der Waals surface area contributed by atoms with Gasteiger partial charge >= 0.3 is 5.97 Å². The van der Waals surface area contributed by atoms with Gasteiger partial charge in [0.05, 0.1) is 12.1 Å². The molecule has 0 aliphatic heterocycles. The van der Waals surface area contributed by atoms with Crippen LogP contribution >= 0.6 is 0 Å². The summed E-state index contributed by atoms with van der Waals surface area (Å²) in [6.07, 6.45) is 4.87. The Labute approximate surface area is 83.4 Å². The highest BCUT2D eigenvalue weighted by Gasteiger charge is 1.84. The molecule has 1 aromatic heterocycles. The van der Waals surface area contributed by atoms with Gasteiger partial charge in [-0.05, 0) is 18.2 Å². The lowest BCUT2D eigenvalue weighted by Crippen LogP contribution is -1.88. The predicted octanol–water partition coefficient (Wildman–Crippen LogP) is 2.37. The summed E-state index contributed by atoms with van der Waals surface area (Å²) in [6.45, 7) is 6.79. The van der Waals surface area contributed by atoms with Crippen molar-refractivity contribution in [3.8, 4) is 0 Å². The Morgan fingerprint density at radius 3 is 2.43 bits per heavy atom. The molecule has 74 valence electrons. The molecule has 1 rings (SSSR count). The summed E-state index contributed by atoms with van der Waals surface area (Å²) in [5.74, 6) is -0.829. The molecule has 0 aliphatic carbocycles. The topological polar surface area (TPSA) is 50.2 Å². The van der Waals surface area contributed by atoms with E-state index in [9.17, 15) is 4.79 Å². The minimum atomic E-state index is -0.829.